The minimum atomic E-state index is -0.120. The summed E-state index contributed by atoms with van der Waals surface area (Å²) < 4.78 is 0. The van der Waals surface area contributed by atoms with Crippen LogP contribution in [0, 0.1) is 0 Å². The van der Waals surface area contributed by atoms with Gasteiger partial charge in [0.15, 0.2) is 0 Å². The molecule has 120 valence electrons. The van der Waals surface area contributed by atoms with Crippen molar-refractivity contribution in [2.75, 3.05) is 0 Å². The largest absolute Gasteiger partial charge is 0.348 e. The number of carbonyl (C=O) groups excluding carboxylic acids is 1. The number of rotatable bonds is 3. The smallest absolute Gasteiger partial charge is 0.271 e. The summed E-state index contributed by atoms with van der Waals surface area (Å²) in [6.45, 7) is 0. The molecule has 24 heavy (non-hydrogen) atoms. The number of nitrogens with zero attached hydrogens (tertiary/aromatic N) is 3. The van der Waals surface area contributed by atoms with Crippen LogP contribution < -0.4 is 5.32 Å². The van der Waals surface area contributed by atoms with E-state index in [1.807, 2.05) is 0 Å². The van der Waals surface area contributed by atoms with Crippen LogP contribution in [0.15, 0.2) is 48.2 Å². The summed E-state index contributed by atoms with van der Waals surface area (Å²) in [5.41, 5.74) is 3.85. The van der Waals surface area contributed by atoms with E-state index >= 15 is 0 Å². The van der Waals surface area contributed by atoms with Crippen LogP contribution in [-0.4, -0.2) is 26.9 Å². The normalized spacial score (nSPS) is 16.4. The van der Waals surface area contributed by atoms with Crippen LogP contribution in [0.1, 0.15) is 28.0 Å². The van der Waals surface area contributed by atoms with Crippen molar-refractivity contribution in [2.24, 2.45) is 0 Å². The number of hydrogen-bond acceptors (Lipinski definition) is 5. The maximum absolute atomic E-state index is 12.5. The van der Waals surface area contributed by atoms with Crippen molar-refractivity contribution in [1.29, 1.82) is 0 Å². The molecule has 1 amide bonds. The summed E-state index contributed by atoms with van der Waals surface area (Å²) in [4.78, 5) is 25.1. The Morgan fingerprint density at radius 2 is 2.08 bits per heavy atom. The quantitative estimate of drug-likeness (QED) is 0.798. The number of thiazole rings is 1. The molecule has 1 aliphatic rings. The minimum Gasteiger partial charge on any atom is -0.348 e. The Balaban J connectivity index is 1.45. The van der Waals surface area contributed by atoms with Crippen molar-refractivity contribution in [2.45, 2.75) is 25.3 Å². The van der Waals surface area contributed by atoms with E-state index < -0.39 is 0 Å². The van der Waals surface area contributed by atoms with Gasteiger partial charge in [-0.05, 0) is 30.4 Å². The highest BCUT2D eigenvalue weighted by molar-refractivity contribution is 7.13. The molecule has 1 aliphatic carbocycles. The zero-order valence-corrected chi connectivity index (χ0v) is 13.8. The number of carbonyl (C=O) groups is 1. The lowest BCUT2D eigenvalue weighted by Gasteiger charge is -2.25. The molecule has 3 aromatic rings. The zero-order valence-electron chi connectivity index (χ0n) is 13.0. The predicted octanol–water partition coefficient (Wildman–Crippen LogP) is 2.89. The van der Waals surface area contributed by atoms with Gasteiger partial charge in [0.25, 0.3) is 5.91 Å². The standard InChI is InChI=1S/C18H16N4OS/c23-17(16-11-24-18(22-16)15-10-19-7-8-20-15)21-14-6-5-12-3-1-2-4-13(12)9-14/h1-4,7-8,10-11,14H,5-6,9H2,(H,21,23)/t14-/m1/s1. The van der Waals surface area contributed by atoms with Crippen molar-refractivity contribution in [3.8, 4) is 10.7 Å². The number of benzene rings is 1. The van der Waals surface area contributed by atoms with Crippen LogP contribution in [0.5, 0.6) is 0 Å². The number of hydrogen-bond donors (Lipinski definition) is 1. The molecule has 0 radical (unpaired) electrons. The van der Waals surface area contributed by atoms with Gasteiger partial charge in [0, 0.05) is 23.8 Å². The maximum Gasteiger partial charge on any atom is 0.271 e. The first-order chi connectivity index (χ1) is 11.8. The second-order valence-electron chi connectivity index (χ2n) is 5.81. The Bertz CT molecular complexity index is 862. The highest BCUT2D eigenvalue weighted by Crippen LogP contribution is 2.23. The van der Waals surface area contributed by atoms with E-state index in [-0.39, 0.29) is 11.9 Å². The molecule has 1 aromatic carbocycles. The molecule has 0 fully saturated rings. The first-order valence-electron chi connectivity index (χ1n) is 7.89. The molecule has 0 saturated heterocycles. The fourth-order valence-electron chi connectivity index (χ4n) is 2.99. The van der Waals surface area contributed by atoms with Gasteiger partial charge in [-0.3, -0.25) is 14.8 Å². The molecule has 0 bridgehead atoms. The number of aryl methyl sites for hydroxylation is 1. The Morgan fingerprint density at radius 1 is 1.21 bits per heavy atom. The fourth-order valence-corrected chi connectivity index (χ4v) is 3.75. The van der Waals surface area contributed by atoms with Gasteiger partial charge in [0.2, 0.25) is 0 Å². The van der Waals surface area contributed by atoms with Gasteiger partial charge in [-0.2, -0.15) is 0 Å². The van der Waals surface area contributed by atoms with Crippen LogP contribution in [0.2, 0.25) is 0 Å². The lowest BCUT2D eigenvalue weighted by atomic mass is 9.88. The van der Waals surface area contributed by atoms with Gasteiger partial charge in [-0.25, -0.2) is 4.98 Å². The molecule has 2 heterocycles. The molecule has 5 nitrogen and oxygen atoms in total. The number of amides is 1. The molecule has 0 aliphatic heterocycles. The van der Waals surface area contributed by atoms with E-state index in [4.69, 9.17) is 0 Å². The highest BCUT2D eigenvalue weighted by Gasteiger charge is 2.21. The molecule has 4 rings (SSSR count). The van der Waals surface area contributed by atoms with Crippen LogP contribution in [0.3, 0.4) is 0 Å². The second-order valence-corrected chi connectivity index (χ2v) is 6.67. The molecular weight excluding hydrogens is 320 g/mol. The van der Waals surface area contributed by atoms with Crippen LogP contribution in [-0.2, 0) is 12.8 Å². The number of fused-ring (bicyclic) bond motifs is 1. The first-order valence-corrected chi connectivity index (χ1v) is 8.77. The Hall–Kier alpha value is -2.60. The maximum atomic E-state index is 12.5. The average Bonchev–Trinajstić information content (AvgIpc) is 3.13. The van der Waals surface area contributed by atoms with Gasteiger partial charge in [0.1, 0.15) is 16.4 Å². The van der Waals surface area contributed by atoms with Crippen molar-refractivity contribution >= 4 is 17.2 Å². The second kappa shape index (κ2) is 6.49. The van der Waals surface area contributed by atoms with E-state index in [9.17, 15) is 4.79 Å². The Labute approximate surface area is 143 Å². The summed E-state index contributed by atoms with van der Waals surface area (Å²) in [6, 6.07) is 8.59. The van der Waals surface area contributed by atoms with Crippen molar-refractivity contribution in [3.05, 3.63) is 65.1 Å². The van der Waals surface area contributed by atoms with E-state index in [2.05, 4.69) is 44.5 Å². The van der Waals surface area contributed by atoms with E-state index in [0.717, 1.165) is 19.3 Å². The van der Waals surface area contributed by atoms with Gasteiger partial charge < -0.3 is 5.32 Å². The first kappa shape index (κ1) is 15.0. The van der Waals surface area contributed by atoms with E-state index in [1.54, 1.807) is 24.0 Å². The summed E-state index contributed by atoms with van der Waals surface area (Å²) in [5, 5.41) is 5.59. The molecule has 6 heteroatoms. The fraction of sp³-hybridized carbons (Fsp3) is 0.222. The molecule has 2 aromatic heterocycles. The lowest BCUT2D eigenvalue weighted by molar-refractivity contribution is 0.0929. The van der Waals surface area contributed by atoms with Crippen molar-refractivity contribution in [3.63, 3.8) is 0 Å². The third-order valence-electron chi connectivity index (χ3n) is 4.20. The molecule has 1 N–H and O–H groups in total. The van der Waals surface area contributed by atoms with E-state index in [1.165, 1.54) is 22.5 Å². The zero-order chi connectivity index (χ0) is 16.4. The topological polar surface area (TPSA) is 67.8 Å². The van der Waals surface area contributed by atoms with Crippen molar-refractivity contribution < 1.29 is 4.79 Å². The molecule has 1 atom stereocenters. The average molecular weight is 336 g/mol. The van der Waals surface area contributed by atoms with Crippen molar-refractivity contribution in [1.82, 2.24) is 20.3 Å². The molecule has 0 saturated carbocycles. The van der Waals surface area contributed by atoms with Crippen LogP contribution >= 0.6 is 11.3 Å². The SMILES string of the molecule is O=C(N[C@@H]1CCc2ccccc2C1)c1csc(-c2cnccn2)n1. The Morgan fingerprint density at radius 3 is 2.92 bits per heavy atom. The minimum absolute atomic E-state index is 0.120. The summed E-state index contributed by atoms with van der Waals surface area (Å²) in [7, 11) is 0. The molecular formula is C18H16N4OS. The number of nitrogens with one attached hydrogen (secondary N) is 1. The van der Waals surface area contributed by atoms with E-state index in [0.29, 0.717) is 16.4 Å². The van der Waals surface area contributed by atoms with Crippen LogP contribution in [0.25, 0.3) is 10.7 Å². The van der Waals surface area contributed by atoms with Crippen LogP contribution in [0.4, 0.5) is 0 Å². The third-order valence-corrected chi connectivity index (χ3v) is 5.07. The van der Waals surface area contributed by atoms with Gasteiger partial charge in [0.05, 0.1) is 6.20 Å². The highest BCUT2D eigenvalue weighted by atomic mass is 32.1. The molecule has 0 spiro atoms. The number of aromatic nitrogens is 3. The summed E-state index contributed by atoms with van der Waals surface area (Å²) >= 11 is 1.41. The summed E-state index contributed by atoms with van der Waals surface area (Å²) in [6.07, 6.45) is 7.73. The van der Waals surface area contributed by atoms with Gasteiger partial charge in [-0.15, -0.1) is 11.3 Å². The lowest BCUT2D eigenvalue weighted by Crippen LogP contribution is -2.39. The predicted molar refractivity (Wildman–Crippen MR) is 92.9 cm³/mol. The monoisotopic (exact) mass is 336 g/mol. The van der Waals surface area contributed by atoms with Gasteiger partial charge in [-0.1, -0.05) is 24.3 Å². The third kappa shape index (κ3) is 3.05. The van der Waals surface area contributed by atoms with Gasteiger partial charge >= 0.3 is 0 Å². The Kier molecular flexibility index (Phi) is 4.04. The summed E-state index contributed by atoms with van der Waals surface area (Å²) in [5.74, 6) is -0.120. The molecule has 0 unspecified atom stereocenters.